The zero-order valence-electron chi connectivity index (χ0n) is 11.2. The molecule has 1 aromatic heterocycles. The largest absolute Gasteiger partial charge is 0.417 e. The fraction of sp³-hybridized carbons (Fsp3) is 0.538. The van der Waals surface area contributed by atoms with E-state index < -0.39 is 17.6 Å². The molecule has 0 bridgehead atoms. The normalized spacial score (nSPS) is 16.7. The maximum Gasteiger partial charge on any atom is 0.417 e. The zero-order chi connectivity index (χ0) is 15.5. The molecule has 0 radical (unpaired) electrons. The van der Waals surface area contributed by atoms with Gasteiger partial charge in [-0.1, -0.05) is 0 Å². The van der Waals surface area contributed by atoms with Crippen LogP contribution in [0.3, 0.4) is 0 Å². The SMILES string of the molecule is NC(=O)C(CCSc1ccc(C(F)(F)F)cn1)NC1CC1. The molecule has 8 heteroatoms. The number of aromatic nitrogens is 1. The fourth-order valence-electron chi connectivity index (χ4n) is 1.76. The molecule has 1 fully saturated rings. The predicted octanol–water partition coefficient (Wildman–Crippen LogP) is 2.19. The summed E-state index contributed by atoms with van der Waals surface area (Å²) in [7, 11) is 0. The number of carbonyl (C=O) groups excluding carboxylic acids is 1. The van der Waals surface area contributed by atoms with Crippen molar-refractivity contribution in [2.45, 2.75) is 42.5 Å². The van der Waals surface area contributed by atoms with Gasteiger partial charge in [0.25, 0.3) is 0 Å². The summed E-state index contributed by atoms with van der Waals surface area (Å²) in [6.07, 6.45) is -0.925. The molecule has 1 atom stereocenters. The van der Waals surface area contributed by atoms with Crippen LogP contribution >= 0.6 is 11.8 Å². The highest BCUT2D eigenvalue weighted by atomic mass is 32.2. The van der Waals surface area contributed by atoms with E-state index in [1.54, 1.807) is 0 Å². The summed E-state index contributed by atoms with van der Waals surface area (Å²) in [6.45, 7) is 0. The maximum absolute atomic E-state index is 12.4. The second-order valence-electron chi connectivity index (χ2n) is 4.92. The highest BCUT2D eigenvalue weighted by Crippen LogP contribution is 2.29. The number of amides is 1. The molecule has 21 heavy (non-hydrogen) atoms. The van der Waals surface area contributed by atoms with Crippen molar-refractivity contribution in [3.63, 3.8) is 0 Å². The summed E-state index contributed by atoms with van der Waals surface area (Å²) < 4.78 is 37.2. The van der Waals surface area contributed by atoms with E-state index in [1.165, 1.54) is 17.8 Å². The van der Waals surface area contributed by atoms with Crippen LogP contribution < -0.4 is 11.1 Å². The molecule has 1 heterocycles. The highest BCUT2D eigenvalue weighted by Gasteiger charge is 2.30. The second-order valence-corrected chi connectivity index (χ2v) is 6.03. The van der Waals surface area contributed by atoms with Gasteiger partial charge in [0.15, 0.2) is 0 Å². The number of hydrogen-bond donors (Lipinski definition) is 2. The molecule has 0 aliphatic heterocycles. The van der Waals surface area contributed by atoms with Crippen molar-refractivity contribution in [3.8, 4) is 0 Å². The zero-order valence-corrected chi connectivity index (χ0v) is 12.0. The first-order valence-electron chi connectivity index (χ1n) is 6.57. The number of pyridine rings is 1. The van der Waals surface area contributed by atoms with E-state index in [0.29, 0.717) is 23.2 Å². The molecule has 1 aliphatic carbocycles. The molecule has 1 saturated carbocycles. The second kappa shape index (κ2) is 6.65. The van der Waals surface area contributed by atoms with Crippen LogP contribution in [0.5, 0.6) is 0 Å². The molecule has 0 spiro atoms. The van der Waals surface area contributed by atoms with Crippen LogP contribution in [-0.2, 0) is 11.0 Å². The molecule has 2 rings (SSSR count). The predicted molar refractivity (Wildman–Crippen MR) is 73.7 cm³/mol. The van der Waals surface area contributed by atoms with Gasteiger partial charge in [0.2, 0.25) is 5.91 Å². The topological polar surface area (TPSA) is 68.0 Å². The van der Waals surface area contributed by atoms with Gasteiger partial charge in [-0.15, -0.1) is 11.8 Å². The quantitative estimate of drug-likeness (QED) is 0.756. The Balaban J connectivity index is 1.80. The van der Waals surface area contributed by atoms with Crippen molar-refractivity contribution in [1.82, 2.24) is 10.3 Å². The molecule has 0 saturated heterocycles. The average Bonchev–Trinajstić information content (AvgIpc) is 3.21. The molecule has 4 nitrogen and oxygen atoms in total. The Morgan fingerprint density at radius 2 is 2.19 bits per heavy atom. The Kier molecular flexibility index (Phi) is 5.10. The lowest BCUT2D eigenvalue weighted by atomic mass is 10.2. The van der Waals surface area contributed by atoms with E-state index in [2.05, 4.69) is 10.3 Å². The molecular formula is C13H16F3N3OS. The third kappa shape index (κ3) is 5.20. The maximum atomic E-state index is 12.4. The van der Waals surface area contributed by atoms with Gasteiger partial charge in [-0.25, -0.2) is 4.98 Å². The third-order valence-electron chi connectivity index (χ3n) is 3.08. The number of thioether (sulfide) groups is 1. The summed E-state index contributed by atoms with van der Waals surface area (Å²) in [5, 5.41) is 3.65. The Bertz CT molecular complexity index is 488. The number of nitrogens with zero attached hydrogens (tertiary/aromatic N) is 1. The Morgan fingerprint density at radius 3 is 2.67 bits per heavy atom. The first-order valence-corrected chi connectivity index (χ1v) is 7.56. The lowest BCUT2D eigenvalue weighted by Crippen LogP contribution is -2.42. The molecule has 116 valence electrons. The molecule has 3 N–H and O–H groups in total. The number of hydrogen-bond acceptors (Lipinski definition) is 4. The van der Waals surface area contributed by atoms with E-state index in [-0.39, 0.29) is 6.04 Å². The first-order chi connectivity index (χ1) is 9.86. The number of nitrogens with two attached hydrogens (primary N) is 1. The number of alkyl halides is 3. The van der Waals surface area contributed by atoms with Crippen LogP contribution in [0.2, 0.25) is 0 Å². The van der Waals surface area contributed by atoms with Crippen LogP contribution in [0.4, 0.5) is 13.2 Å². The van der Waals surface area contributed by atoms with Gasteiger partial charge >= 0.3 is 6.18 Å². The Hall–Kier alpha value is -1.28. The van der Waals surface area contributed by atoms with E-state index >= 15 is 0 Å². The van der Waals surface area contributed by atoms with Gasteiger partial charge in [0.05, 0.1) is 16.6 Å². The molecule has 1 aliphatic rings. The number of rotatable bonds is 7. The Labute approximate surface area is 124 Å². The summed E-state index contributed by atoms with van der Waals surface area (Å²) in [6, 6.07) is 2.32. The lowest BCUT2D eigenvalue weighted by Gasteiger charge is -2.14. The monoisotopic (exact) mass is 319 g/mol. The van der Waals surface area contributed by atoms with Gasteiger partial charge in [-0.05, 0) is 31.4 Å². The minimum atomic E-state index is -4.37. The van der Waals surface area contributed by atoms with Crippen molar-refractivity contribution in [2.24, 2.45) is 5.73 Å². The highest BCUT2D eigenvalue weighted by molar-refractivity contribution is 7.99. The van der Waals surface area contributed by atoms with Crippen molar-refractivity contribution < 1.29 is 18.0 Å². The fourth-order valence-corrected chi connectivity index (χ4v) is 2.61. The number of primary amides is 1. The Morgan fingerprint density at radius 1 is 1.48 bits per heavy atom. The number of halogens is 3. The number of carbonyl (C=O) groups is 1. The van der Waals surface area contributed by atoms with Crippen LogP contribution in [0, 0.1) is 0 Å². The van der Waals surface area contributed by atoms with Crippen molar-refractivity contribution >= 4 is 17.7 Å². The molecule has 1 amide bonds. The summed E-state index contributed by atoms with van der Waals surface area (Å²) in [5.41, 5.74) is 4.54. The van der Waals surface area contributed by atoms with Crippen molar-refractivity contribution in [2.75, 3.05) is 5.75 Å². The van der Waals surface area contributed by atoms with Crippen molar-refractivity contribution in [3.05, 3.63) is 23.9 Å². The van der Waals surface area contributed by atoms with Crippen LogP contribution in [0.15, 0.2) is 23.4 Å². The smallest absolute Gasteiger partial charge is 0.368 e. The summed E-state index contributed by atoms with van der Waals surface area (Å²) in [4.78, 5) is 15.0. The van der Waals surface area contributed by atoms with Crippen LogP contribution in [0.1, 0.15) is 24.8 Å². The molecule has 0 aromatic carbocycles. The van der Waals surface area contributed by atoms with Crippen LogP contribution in [0.25, 0.3) is 0 Å². The minimum Gasteiger partial charge on any atom is -0.368 e. The molecular weight excluding hydrogens is 303 g/mol. The average molecular weight is 319 g/mol. The van der Waals surface area contributed by atoms with Gasteiger partial charge in [0.1, 0.15) is 0 Å². The van der Waals surface area contributed by atoms with E-state index in [4.69, 9.17) is 5.73 Å². The number of nitrogens with one attached hydrogen (secondary N) is 1. The van der Waals surface area contributed by atoms with Crippen molar-refractivity contribution in [1.29, 1.82) is 0 Å². The third-order valence-corrected chi connectivity index (χ3v) is 4.05. The van der Waals surface area contributed by atoms with Gasteiger partial charge in [0, 0.05) is 18.0 Å². The van der Waals surface area contributed by atoms with E-state index in [9.17, 15) is 18.0 Å². The standard InChI is InChI=1S/C13H16F3N3OS/c14-13(15,16)8-1-4-11(18-7-8)21-6-5-10(12(17)20)19-9-2-3-9/h1,4,7,9-10,19H,2-3,5-6H2,(H2,17,20). The summed E-state index contributed by atoms with van der Waals surface area (Å²) in [5.74, 6) is 0.161. The van der Waals surface area contributed by atoms with E-state index in [1.807, 2.05) is 0 Å². The minimum absolute atomic E-state index is 0.372. The molecule has 1 unspecified atom stereocenters. The first kappa shape index (κ1) is 16.1. The molecule has 1 aromatic rings. The van der Waals surface area contributed by atoms with E-state index in [0.717, 1.165) is 25.1 Å². The van der Waals surface area contributed by atoms with Gasteiger partial charge in [-0.2, -0.15) is 13.2 Å². The van der Waals surface area contributed by atoms with Gasteiger partial charge < -0.3 is 11.1 Å². The summed E-state index contributed by atoms with van der Waals surface area (Å²) >= 11 is 1.31. The lowest BCUT2D eigenvalue weighted by molar-refractivity contribution is -0.137. The van der Waals surface area contributed by atoms with Crippen LogP contribution in [-0.4, -0.2) is 28.7 Å². The van der Waals surface area contributed by atoms with Gasteiger partial charge in [-0.3, -0.25) is 4.79 Å².